The van der Waals surface area contributed by atoms with Crippen LogP contribution in [-0.4, -0.2) is 28.2 Å². The lowest BCUT2D eigenvalue weighted by Crippen LogP contribution is -2.46. The van der Waals surface area contributed by atoms with E-state index in [0.717, 1.165) is 39.1 Å². The molecule has 3 aromatic rings. The van der Waals surface area contributed by atoms with Crippen molar-refractivity contribution in [2.45, 2.75) is 13.8 Å². The Bertz CT molecular complexity index is 993. The van der Waals surface area contributed by atoms with Crippen molar-refractivity contribution in [3.8, 4) is 22.9 Å². The number of phenols is 1. The lowest BCUT2D eigenvalue weighted by Gasteiger charge is -2.35. The maximum atomic E-state index is 9.97. The van der Waals surface area contributed by atoms with Crippen molar-refractivity contribution in [3.63, 3.8) is 0 Å². The Morgan fingerprint density at radius 2 is 1.80 bits per heavy atom. The second-order valence-corrected chi connectivity index (χ2v) is 6.62. The SMILES string of the molecule is Cc1cc(-c2ccc3ncc(N4CC(C#N)C4)nc3c2)cc(C)c1O. The molecule has 5 heteroatoms. The van der Waals surface area contributed by atoms with E-state index >= 15 is 0 Å². The number of rotatable bonds is 2. The number of aromatic nitrogens is 2. The van der Waals surface area contributed by atoms with Crippen LogP contribution in [0.1, 0.15) is 11.1 Å². The Kier molecular flexibility index (Phi) is 3.54. The van der Waals surface area contributed by atoms with E-state index in [0.29, 0.717) is 18.8 Å². The first-order valence-corrected chi connectivity index (χ1v) is 8.27. The zero-order valence-corrected chi connectivity index (χ0v) is 14.2. The number of hydrogen-bond acceptors (Lipinski definition) is 5. The van der Waals surface area contributed by atoms with Crippen LogP contribution in [0.2, 0.25) is 0 Å². The average molecular weight is 330 g/mol. The summed E-state index contributed by atoms with van der Waals surface area (Å²) in [7, 11) is 0. The summed E-state index contributed by atoms with van der Waals surface area (Å²) in [6.07, 6.45) is 1.77. The summed E-state index contributed by atoms with van der Waals surface area (Å²) in [5.41, 5.74) is 5.49. The largest absolute Gasteiger partial charge is 0.507 e. The van der Waals surface area contributed by atoms with Gasteiger partial charge in [0.1, 0.15) is 11.6 Å². The van der Waals surface area contributed by atoms with Gasteiger partial charge in [-0.25, -0.2) is 4.98 Å². The first kappa shape index (κ1) is 15.4. The summed E-state index contributed by atoms with van der Waals surface area (Å²) in [4.78, 5) is 11.3. The third-order valence-electron chi connectivity index (χ3n) is 4.74. The number of aromatic hydroxyl groups is 1. The molecule has 0 atom stereocenters. The highest BCUT2D eigenvalue weighted by Gasteiger charge is 2.27. The third kappa shape index (κ3) is 2.66. The number of anilines is 1. The average Bonchev–Trinajstić information content (AvgIpc) is 2.57. The van der Waals surface area contributed by atoms with Gasteiger partial charge in [0.2, 0.25) is 0 Å². The molecule has 1 saturated heterocycles. The molecule has 0 aliphatic carbocycles. The number of fused-ring (bicyclic) bond motifs is 1. The number of nitrogens with zero attached hydrogens (tertiary/aromatic N) is 4. The first-order chi connectivity index (χ1) is 12.0. The van der Waals surface area contributed by atoms with Crippen LogP contribution in [0.4, 0.5) is 5.82 Å². The van der Waals surface area contributed by atoms with Crippen molar-refractivity contribution < 1.29 is 5.11 Å². The molecular weight excluding hydrogens is 312 g/mol. The summed E-state index contributed by atoms with van der Waals surface area (Å²) in [5, 5.41) is 18.9. The van der Waals surface area contributed by atoms with Crippen molar-refractivity contribution >= 4 is 16.9 Å². The van der Waals surface area contributed by atoms with Crippen LogP contribution in [0.3, 0.4) is 0 Å². The molecule has 0 amide bonds. The van der Waals surface area contributed by atoms with E-state index in [-0.39, 0.29) is 5.92 Å². The second-order valence-electron chi connectivity index (χ2n) is 6.62. The van der Waals surface area contributed by atoms with Gasteiger partial charge in [-0.3, -0.25) is 4.98 Å². The molecule has 1 aliphatic rings. The molecule has 4 rings (SSSR count). The van der Waals surface area contributed by atoms with Crippen LogP contribution in [0.15, 0.2) is 36.5 Å². The van der Waals surface area contributed by atoms with Crippen LogP contribution in [0, 0.1) is 31.1 Å². The molecular formula is C20H18N4O. The van der Waals surface area contributed by atoms with Gasteiger partial charge in [-0.2, -0.15) is 5.26 Å². The van der Waals surface area contributed by atoms with Crippen LogP contribution in [0.5, 0.6) is 5.75 Å². The molecule has 124 valence electrons. The highest BCUT2D eigenvalue weighted by Crippen LogP contribution is 2.31. The Morgan fingerprint density at radius 3 is 2.48 bits per heavy atom. The number of aryl methyl sites for hydroxylation is 2. The molecule has 1 fully saturated rings. The molecule has 0 spiro atoms. The highest BCUT2D eigenvalue weighted by molar-refractivity contribution is 5.82. The van der Waals surface area contributed by atoms with Gasteiger partial charge in [0, 0.05) is 13.1 Å². The van der Waals surface area contributed by atoms with Crippen LogP contribution in [-0.2, 0) is 0 Å². The molecule has 25 heavy (non-hydrogen) atoms. The highest BCUT2D eigenvalue weighted by atomic mass is 16.3. The Hall–Kier alpha value is -3.13. The fourth-order valence-electron chi connectivity index (χ4n) is 3.20. The van der Waals surface area contributed by atoms with Crippen molar-refractivity contribution in [2.75, 3.05) is 18.0 Å². The van der Waals surface area contributed by atoms with E-state index in [1.54, 1.807) is 6.20 Å². The molecule has 1 aliphatic heterocycles. The number of benzene rings is 2. The molecule has 1 aromatic heterocycles. The van der Waals surface area contributed by atoms with Crippen molar-refractivity contribution in [3.05, 3.63) is 47.7 Å². The Labute approximate surface area is 146 Å². The molecule has 2 heterocycles. The van der Waals surface area contributed by atoms with Gasteiger partial charge in [-0.1, -0.05) is 6.07 Å². The van der Waals surface area contributed by atoms with Crippen molar-refractivity contribution in [1.29, 1.82) is 5.26 Å². The monoisotopic (exact) mass is 330 g/mol. The van der Waals surface area contributed by atoms with Crippen LogP contribution >= 0.6 is 0 Å². The lowest BCUT2D eigenvalue weighted by molar-refractivity contribution is 0.467. The van der Waals surface area contributed by atoms with Crippen molar-refractivity contribution in [1.82, 2.24) is 9.97 Å². The second kappa shape index (κ2) is 5.75. The van der Waals surface area contributed by atoms with Gasteiger partial charge in [-0.05, 0) is 60.4 Å². The minimum Gasteiger partial charge on any atom is -0.507 e. The summed E-state index contributed by atoms with van der Waals surface area (Å²) in [5.74, 6) is 1.25. The van der Waals surface area contributed by atoms with Gasteiger partial charge in [0.15, 0.2) is 0 Å². The van der Waals surface area contributed by atoms with E-state index in [1.807, 2.05) is 44.2 Å². The van der Waals surface area contributed by atoms with E-state index in [4.69, 9.17) is 10.2 Å². The molecule has 0 bridgehead atoms. The summed E-state index contributed by atoms with van der Waals surface area (Å²) >= 11 is 0. The van der Waals surface area contributed by atoms with E-state index < -0.39 is 0 Å². The molecule has 5 nitrogen and oxygen atoms in total. The predicted octanol–water partition coefficient (Wildman–Crippen LogP) is 3.58. The molecule has 0 radical (unpaired) electrons. The van der Waals surface area contributed by atoms with Gasteiger partial charge in [0.05, 0.1) is 29.2 Å². The number of nitriles is 1. The summed E-state index contributed by atoms with van der Waals surface area (Å²) < 4.78 is 0. The fraction of sp³-hybridized carbons (Fsp3) is 0.250. The van der Waals surface area contributed by atoms with E-state index in [2.05, 4.69) is 16.0 Å². The number of phenolic OH excluding ortho intramolecular Hbond substituents is 1. The topological polar surface area (TPSA) is 73.0 Å². The standard InChI is InChI=1S/C20H18N4O/c1-12-5-16(6-13(2)20(12)25)15-3-4-17-18(7-15)23-19(9-22-17)24-10-14(8-21)11-24/h3-7,9,14,25H,10-11H2,1-2H3. The van der Waals surface area contributed by atoms with Crippen molar-refractivity contribution in [2.24, 2.45) is 5.92 Å². The lowest BCUT2D eigenvalue weighted by atomic mass is 9.99. The fourth-order valence-corrected chi connectivity index (χ4v) is 3.20. The number of hydrogen-bond donors (Lipinski definition) is 1. The Balaban J connectivity index is 1.73. The quantitative estimate of drug-likeness (QED) is 0.777. The molecule has 0 saturated carbocycles. The van der Waals surface area contributed by atoms with Gasteiger partial charge >= 0.3 is 0 Å². The normalized spacial score (nSPS) is 14.4. The summed E-state index contributed by atoms with van der Waals surface area (Å²) in [6, 6.07) is 12.3. The molecule has 1 N–H and O–H groups in total. The smallest absolute Gasteiger partial charge is 0.147 e. The third-order valence-corrected chi connectivity index (χ3v) is 4.74. The van der Waals surface area contributed by atoms with Crippen LogP contribution in [0.25, 0.3) is 22.2 Å². The minimum absolute atomic E-state index is 0.0896. The summed E-state index contributed by atoms with van der Waals surface area (Å²) in [6.45, 7) is 5.24. The predicted molar refractivity (Wildman–Crippen MR) is 97.4 cm³/mol. The zero-order chi connectivity index (χ0) is 17.6. The molecule has 2 aromatic carbocycles. The van der Waals surface area contributed by atoms with Gasteiger partial charge in [-0.15, -0.1) is 0 Å². The van der Waals surface area contributed by atoms with E-state index in [9.17, 15) is 5.11 Å². The first-order valence-electron chi connectivity index (χ1n) is 8.27. The van der Waals surface area contributed by atoms with E-state index in [1.165, 1.54) is 0 Å². The molecule has 0 unspecified atom stereocenters. The minimum atomic E-state index is 0.0896. The maximum absolute atomic E-state index is 9.97. The maximum Gasteiger partial charge on any atom is 0.147 e. The van der Waals surface area contributed by atoms with Crippen LogP contribution < -0.4 is 4.90 Å². The van der Waals surface area contributed by atoms with Gasteiger partial charge in [0.25, 0.3) is 0 Å². The van der Waals surface area contributed by atoms with Gasteiger partial charge < -0.3 is 10.0 Å². The Morgan fingerprint density at radius 1 is 1.08 bits per heavy atom. The zero-order valence-electron chi connectivity index (χ0n) is 14.2.